The molecule has 0 aliphatic heterocycles. The second-order valence-corrected chi connectivity index (χ2v) is 7.25. The maximum Gasteiger partial charge on any atom is 0.269 e. The summed E-state index contributed by atoms with van der Waals surface area (Å²) < 4.78 is 0. The van der Waals surface area contributed by atoms with Crippen LogP contribution in [-0.2, 0) is 0 Å². The predicted molar refractivity (Wildman–Crippen MR) is 133 cm³/mol. The number of nitro groups is 2. The van der Waals surface area contributed by atoms with E-state index in [-0.39, 0.29) is 11.4 Å². The second kappa shape index (κ2) is 10.1. The number of rotatable bonds is 7. The quantitative estimate of drug-likeness (QED) is 0.178. The fourth-order valence-corrected chi connectivity index (χ4v) is 3.28. The third-order valence-corrected chi connectivity index (χ3v) is 5.01. The largest absolute Gasteiger partial charge is 0.269 e. The maximum absolute atomic E-state index is 10.8. The van der Waals surface area contributed by atoms with E-state index in [4.69, 9.17) is 0 Å². The van der Waals surface area contributed by atoms with Gasteiger partial charge in [0.1, 0.15) is 0 Å². The Labute approximate surface area is 194 Å². The van der Waals surface area contributed by atoms with Crippen LogP contribution in [0.25, 0.3) is 11.1 Å². The van der Waals surface area contributed by atoms with Crippen molar-refractivity contribution in [3.63, 3.8) is 0 Å². The second-order valence-electron chi connectivity index (χ2n) is 7.25. The molecule has 0 fully saturated rings. The molecule has 0 amide bonds. The molecule has 4 rings (SSSR count). The van der Waals surface area contributed by atoms with Crippen LogP contribution in [-0.4, -0.2) is 22.3 Å². The third-order valence-electron chi connectivity index (χ3n) is 5.01. The smallest absolute Gasteiger partial charge is 0.258 e. The topological polar surface area (TPSA) is 111 Å². The van der Waals surface area contributed by atoms with Gasteiger partial charge in [-0.15, -0.1) is 0 Å². The Hall–Kier alpha value is -4.98. The van der Waals surface area contributed by atoms with E-state index in [1.165, 1.54) is 24.3 Å². The van der Waals surface area contributed by atoms with Gasteiger partial charge in [0.15, 0.2) is 0 Å². The molecule has 0 saturated heterocycles. The molecular weight excluding hydrogens is 432 g/mol. The summed E-state index contributed by atoms with van der Waals surface area (Å²) >= 11 is 0. The number of nitro benzene ring substituents is 2. The van der Waals surface area contributed by atoms with Crippen LogP contribution in [0.5, 0.6) is 0 Å². The van der Waals surface area contributed by atoms with Crippen molar-refractivity contribution < 1.29 is 9.85 Å². The molecule has 4 aromatic carbocycles. The SMILES string of the molecule is O=[N+]([O-])c1ccc(C=Nc2ccccc2-c2ccccc2N=Cc2ccc([N+](=O)[O-])cc2)cc1. The van der Waals surface area contributed by atoms with Crippen LogP contribution in [0.15, 0.2) is 107 Å². The molecule has 0 heterocycles. The summed E-state index contributed by atoms with van der Waals surface area (Å²) in [5.74, 6) is 0. The van der Waals surface area contributed by atoms with Gasteiger partial charge in [0.2, 0.25) is 0 Å². The number of non-ortho nitro benzene ring substituents is 2. The van der Waals surface area contributed by atoms with Crippen LogP contribution in [0.2, 0.25) is 0 Å². The molecule has 8 nitrogen and oxygen atoms in total. The Morgan fingerprint density at radius 3 is 1.24 bits per heavy atom. The first-order valence-corrected chi connectivity index (χ1v) is 10.3. The lowest BCUT2D eigenvalue weighted by Crippen LogP contribution is -1.89. The number of nitrogens with zero attached hydrogens (tertiary/aromatic N) is 4. The molecule has 0 aliphatic rings. The van der Waals surface area contributed by atoms with E-state index in [2.05, 4.69) is 9.98 Å². The molecule has 0 aromatic heterocycles. The molecule has 34 heavy (non-hydrogen) atoms. The molecule has 0 spiro atoms. The van der Waals surface area contributed by atoms with Crippen LogP contribution in [0.3, 0.4) is 0 Å². The van der Waals surface area contributed by atoms with Gasteiger partial charge in [-0.05, 0) is 47.5 Å². The minimum atomic E-state index is -0.440. The molecule has 8 heteroatoms. The molecule has 4 aromatic rings. The maximum atomic E-state index is 10.8. The minimum absolute atomic E-state index is 0.0253. The van der Waals surface area contributed by atoms with Crippen molar-refractivity contribution >= 4 is 35.2 Å². The Balaban J connectivity index is 1.63. The summed E-state index contributed by atoms with van der Waals surface area (Å²) in [7, 11) is 0. The molecule has 0 bridgehead atoms. The lowest BCUT2D eigenvalue weighted by atomic mass is 10.0. The van der Waals surface area contributed by atoms with Gasteiger partial charge < -0.3 is 0 Å². The van der Waals surface area contributed by atoms with E-state index in [9.17, 15) is 20.2 Å². The zero-order chi connectivity index (χ0) is 23.9. The van der Waals surface area contributed by atoms with E-state index in [1.807, 2.05) is 48.5 Å². The standard InChI is InChI=1S/C26H18N4O4/c31-29(32)21-13-9-19(10-14-21)17-27-25-7-3-1-5-23(25)24-6-2-4-8-26(24)28-18-20-11-15-22(16-12-20)30(33)34/h1-18H. The first-order valence-electron chi connectivity index (χ1n) is 10.3. The van der Waals surface area contributed by atoms with E-state index in [0.29, 0.717) is 0 Å². The fourth-order valence-electron chi connectivity index (χ4n) is 3.28. The number of hydrogen-bond acceptors (Lipinski definition) is 6. The molecule has 166 valence electrons. The highest BCUT2D eigenvalue weighted by atomic mass is 16.6. The summed E-state index contributed by atoms with van der Waals surface area (Å²) in [4.78, 5) is 30.0. The molecule has 0 atom stereocenters. The van der Waals surface area contributed by atoms with Crippen molar-refractivity contribution in [3.8, 4) is 11.1 Å². The van der Waals surface area contributed by atoms with Crippen LogP contribution in [0.1, 0.15) is 11.1 Å². The first kappa shape index (κ1) is 22.2. The normalized spacial score (nSPS) is 11.2. The third kappa shape index (κ3) is 5.25. The molecule has 0 unspecified atom stereocenters. The summed E-state index contributed by atoms with van der Waals surface area (Å²) in [5, 5.41) is 21.7. The number of benzene rings is 4. The van der Waals surface area contributed by atoms with Crippen molar-refractivity contribution in [1.29, 1.82) is 0 Å². The molecule has 0 radical (unpaired) electrons. The summed E-state index contributed by atoms with van der Waals surface area (Å²) in [6.07, 6.45) is 3.32. The lowest BCUT2D eigenvalue weighted by Gasteiger charge is -2.09. The number of hydrogen-bond donors (Lipinski definition) is 0. The predicted octanol–water partition coefficient (Wildman–Crippen LogP) is 6.67. The Kier molecular flexibility index (Phi) is 6.60. The van der Waals surface area contributed by atoms with Crippen molar-refractivity contribution in [2.24, 2.45) is 9.98 Å². The Morgan fingerprint density at radius 1 is 0.529 bits per heavy atom. The molecular formula is C26H18N4O4. The van der Waals surface area contributed by atoms with Gasteiger partial charge in [-0.3, -0.25) is 30.2 Å². The van der Waals surface area contributed by atoms with Gasteiger partial charge in [-0.1, -0.05) is 36.4 Å². The summed E-state index contributed by atoms with van der Waals surface area (Å²) in [6.45, 7) is 0. The molecule has 0 saturated carbocycles. The first-order chi connectivity index (χ1) is 16.5. The van der Waals surface area contributed by atoms with E-state index in [1.54, 1.807) is 36.7 Å². The summed E-state index contributed by atoms with van der Waals surface area (Å²) in [6, 6.07) is 27.6. The van der Waals surface area contributed by atoms with Crippen molar-refractivity contribution in [3.05, 3.63) is 128 Å². The zero-order valence-electron chi connectivity index (χ0n) is 17.8. The van der Waals surface area contributed by atoms with Gasteiger partial charge in [0, 0.05) is 47.8 Å². The lowest BCUT2D eigenvalue weighted by molar-refractivity contribution is -0.385. The number of aliphatic imine (C=N–C) groups is 2. The van der Waals surface area contributed by atoms with E-state index >= 15 is 0 Å². The van der Waals surface area contributed by atoms with Crippen molar-refractivity contribution in [2.75, 3.05) is 0 Å². The van der Waals surface area contributed by atoms with Gasteiger partial charge in [-0.25, -0.2) is 0 Å². The van der Waals surface area contributed by atoms with E-state index in [0.717, 1.165) is 33.6 Å². The van der Waals surface area contributed by atoms with Gasteiger partial charge in [0.05, 0.1) is 21.2 Å². The fraction of sp³-hybridized carbons (Fsp3) is 0. The van der Waals surface area contributed by atoms with Gasteiger partial charge in [0.25, 0.3) is 11.4 Å². The van der Waals surface area contributed by atoms with Crippen LogP contribution in [0, 0.1) is 20.2 Å². The van der Waals surface area contributed by atoms with Crippen LogP contribution in [0.4, 0.5) is 22.7 Å². The molecule has 0 N–H and O–H groups in total. The van der Waals surface area contributed by atoms with Crippen LogP contribution >= 0.6 is 0 Å². The van der Waals surface area contributed by atoms with Crippen LogP contribution < -0.4 is 0 Å². The van der Waals surface area contributed by atoms with Crippen molar-refractivity contribution in [1.82, 2.24) is 0 Å². The highest BCUT2D eigenvalue weighted by Gasteiger charge is 2.09. The van der Waals surface area contributed by atoms with E-state index < -0.39 is 9.85 Å². The average molecular weight is 450 g/mol. The highest BCUT2D eigenvalue weighted by molar-refractivity contribution is 5.91. The zero-order valence-corrected chi connectivity index (χ0v) is 17.8. The highest BCUT2D eigenvalue weighted by Crippen LogP contribution is 2.36. The summed E-state index contributed by atoms with van der Waals surface area (Å²) in [5.41, 5.74) is 4.72. The number of para-hydroxylation sites is 2. The van der Waals surface area contributed by atoms with Gasteiger partial charge >= 0.3 is 0 Å². The van der Waals surface area contributed by atoms with Gasteiger partial charge in [-0.2, -0.15) is 0 Å². The molecule has 0 aliphatic carbocycles. The Bertz CT molecular complexity index is 1290. The minimum Gasteiger partial charge on any atom is -0.258 e. The van der Waals surface area contributed by atoms with Crippen molar-refractivity contribution in [2.45, 2.75) is 0 Å². The average Bonchev–Trinajstić information content (AvgIpc) is 2.87. The Morgan fingerprint density at radius 2 is 0.882 bits per heavy atom. The monoisotopic (exact) mass is 450 g/mol.